The Labute approximate surface area is 89.0 Å². The van der Waals surface area contributed by atoms with Crippen molar-refractivity contribution in [3.63, 3.8) is 0 Å². The Morgan fingerprint density at radius 2 is 2.50 bits per heavy atom. The van der Waals surface area contributed by atoms with Crippen LogP contribution in [0.2, 0.25) is 0 Å². The van der Waals surface area contributed by atoms with E-state index in [0.717, 1.165) is 25.8 Å². The van der Waals surface area contributed by atoms with Gasteiger partial charge in [0.05, 0.1) is 6.61 Å². The van der Waals surface area contributed by atoms with Gasteiger partial charge < -0.3 is 10.4 Å². The molecule has 78 valence electrons. The topological polar surface area (TPSA) is 32.3 Å². The summed E-state index contributed by atoms with van der Waals surface area (Å²) in [5.74, 6) is 0. The standard InChI is InChI=1S/C11H17NOS/c13-9-11(4-1-6-12-11)5-2-10-3-7-14-8-10/h3,7-8,12-13H,1-2,4-6,9H2. The molecule has 0 aliphatic carbocycles. The number of rotatable bonds is 4. The molecule has 2 N–H and O–H groups in total. The highest BCUT2D eigenvalue weighted by Gasteiger charge is 2.31. The SMILES string of the molecule is OCC1(CCc2ccsc2)CCCN1. The average molecular weight is 211 g/mol. The minimum Gasteiger partial charge on any atom is -0.394 e. The average Bonchev–Trinajstić information content (AvgIpc) is 2.87. The number of thiophene rings is 1. The first kappa shape index (κ1) is 10.1. The van der Waals surface area contributed by atoms with Gasteiger partial charge in [0.1, 0.15) is 0 Å². The minimum absolute atomic E-state index is 0.0158. The summed E-state index contributed by atoms with van der Waals surface area (Å²) in [4.78, 5) is 0. The summed E-state index contributed by atoms with van der Waals surface area (Å²) in [7, 11) is 0. The maximum Gasteiger partial charge on any atom is 0.0613 e. The van der Waals surface area contributed by atoms with Gasteiger partial charge in [-0.15, -0.1) is 0 Å². The molecule has 1 unspecified atom stereocenters. The molecule has 2 nitrogen and oxygen atoms in total. The lowest BCUT2D eigenvalue weighted by Crippen LogP contribution is -2.43. The van der Waals surface area contributed by atoms with Crippen molar-refractivity contribution < 1.29 is 5.11 Å². The van der Waals surface area contributed by atoms with E-state index in [2.05, 4.69) is 22.1 Å². The third kappa shape index (κ3) is 2.16. The van der Waals surface area contributed by atoms with Crippen molar-refractivity contribution in [3.8, 4) is 0 Å². The van der Waals surface area contributed by atoms with Gasteiger partial charge in [0, 0.05) is 5.54 Å². The summed E-state index contributed by atoms with van der Waals surface area (Å²) >= 11 is 1.75. The smallest absolute Gasteiger partial charge is 0.0613 e. The van der Waals surface area contributed by atoms with Crippen LogP contribution in [0.4, 0.5) is 0 Å². The van der Waals surface area contributed by atoms with Crippen LogP contribution in [0.5, 0.6) is 0 Å². The zero-order chi connectivity index (χ0) is 9.86. The highest BCUT2D eigenvalue weighted by Crippen LogP contribution is 2.24. The van der Waals surface area contributed by atoms with Gasteiger partial charge in [-0.05, 0) is 54.6 Å². The summed E-state index contributed by atoms with van der Waals surface area (Å²) in [6.07, 6.45) is 4.45. The largest absolute Gasteiger partial charge is 0.394 e. The quantitative estimate of drug-likeness (QED) is 0.796. The molecule has 1 aromatic heterocycles. The lowest BCUT2D eigenvalue weighted by molar-refractivity contribution is 0.169. The van der Waals surface area contributed by atoms with Crippen molar-refractivity contribution in [1.82, 2.24) is 5.32 Å². The first-order valence-corrected chi connectivity index (χ1v) is 6.16. The van der Waals surface area contributed by atoms with Crippen LogP contribution < -0.4 is 5.32 Å². The van der Waals surface area contributed by atoms with E-state index in [0.29, 0.717) is 0 Å². The van der Waals surface area contributed by atoms with Crippen LogP contribution in [0.1, 0.15) is 24.8 Å². The van der Waals surface area contributed by atoms with Gasteiger partial charge in [0.15, 0.2) is 0 Å². The molecule has 0 radical (unpaired) electrons. The van der Waals surface area contributed by atoms with E-state index in [1.54, 1.807) is 11.3 Å². The van der Waals surface area contributed by atoms with E-state index < -0.39 is 0 Å². The van der Waals surface area contributed by atoms with Crippen LogP contribution in [-0.2, 0) is 6.42 Å². The molecule has 14 heavy (non-hydrogen) atoms. The maximum atomic E-state index is 9.39. The van der Waals surface area contributed by atoms with Crippen molar-refractivity contribution in [2.45, 2.75) is 31.2 Å². The van der Waals surface area contributed by atoms with Crippen LogP contribution in [0.3, 0.4) is 0 Å². The molecule has 1 saturated heterocycles. The summed E-state index contributed by atoms with van der Waals surface area (Å²) in [5, 5.41) is 17.1. The molecule has 0 spiro atoms. The molecule has 2 heterocycles. The highest BCUT2D eigenvalue weighted by atomic mass is 32.1. The molecular formula is C11H17NOS. The van der Waals surface area contributed by atoms with Gasteiger partial charge in [-0.1, -0.05) is 0 Å². The molecule has 0 saturated carbocycles. The Morgan fingerprint density at radius 3 is 3.07 bits per heavy atom. The second-order valence-corrected chi connectivity index (χ2v) is 4.88. The van der Waals surface area contributed by atoms with Crippen LogP contribution in [0.15, 0.2) is 16.8 Å². The molecule has 1 aliphatic rings. The first-order valence-electron chi connectivity index (χ1n) is 5.22. The number of nitrogens with one attached hydrogen (secondary N) is 1. The summed E-state index contributed by atoms with van der Waals surface area (Å²) < 4.78 is 0. The van der Waals surface area contributed by atoms with Gasteiger partial charge in [0.2, 0.25) is 0 Å². The molecule has 0 bridgehead atoms. The molecule has 1 atom stereocenters. The lowest BCUT2D eigenvalue weighted by Gasteiger charge is -2.26. The van der Waals surface area contributed by atoms with Crippen LogP contribution in [0, 0.1) is 0 Å². The number of aliphatic hydroxyl groups is 1. The minimum atomic E-state index is 0.0158. The van der Waals surface area contributed by atoms with Crippen molar-refractivity contribution >= 4 is 11.3 Å². The molecule has 3 heteroatoms. The van der Waals surface area contributed by atoms with E-state index in [1.165, 1.54) is 12.0 Å². The van der Waals surface area contributed by atoms with E-state index >= 15 is 0 Å². The highest BCUT2D eigenvalue weighted by molar-refractivity contribution is 7.07. The first-order chi connectivity index (χ1) is 6.85. The van der Waals surface area contributed by atoms with E-state index in [9.17, 15) is 5.11 Å². The fraction of sp³-hybridized carbons (Fsp3) is 0.636. The third-order valence-electron chi connectivity index (χ3n) is 3.11. The molecule has 0 amide bonds. The van der Waals surface area contributed by atoms with E-state index in [-0.39, 0.29) is 12.1 Å². The predicted molar refractivity (Wildman–Crippen MR) is 59.7 cm³/mol. The van der Waals surface area contributed by atoms with Crippen molar-refractivity contribution in [3.05, 3.63) is 22.4 Å². The second-order valence-electron chi connectivity index (χ2n) is 4.10. The van der Waals surface area contributed by atoms with Crippen molar-refractivity contribution in [2.75, 3.05) is 13.2 Å². The van der Waals surface area contributed by atoms with Gasteiger partial charge in [-0.2, -0.15) is 11.3 Å². The van der Waals surface area contributed by atoms with Gasteiger partial charge in [0.25, 0.3) is 0 Å². The number of aryl methyl sites for hydroxylation is 1. The number of hydrogen-bond donors (Lipinski definition) is 2. The summed E-state index contributed by atoms with van der Waals surface area (Å²) in [6, 6.07) is 2.17. The molecule has 1 aromatic rings. The van der Waals surface area contributed by atoms with Crippen LogP contribution in [-0.4, -0.2) is 23.8 Å². The second kappa shape index (κ2) is 4.43. The molecule has 1 aliphatic heterocycles. The summed E-state index contributed by atoms with van der Waals surface area (Å²) in [5.41, 5.74) is 1.42. The molecule has 1 fully saturated rings. The Morgan fingerprint density at radius 1 is 1.57 bits per heavy atom. The molecule has 0 aromatic carbocycles. The van der Waals surface area contributed by atoms with Gasteiger partial charge in [-0.3, -0.25) is 0 Å². The van der Waals surface area contributed by atoms with Crippen LogP contribution in [0.25, 0.3) is 0 Å². The normalized spacial score (nSPS) is 26.9. The zero-order valence-corrected chi connectivity index (χ0v) is 9.15. The maximum absolute atomic E-state index is 9.39. The fourth-order valence-electron chi connectivity index (χ4n) is 2.11. The predicted octanol–water partition coefficient (Wildman–Crippen LogP) is 1.80. The monoisotopic (exact) mass is 211 g/mol. The Hall–Kier alpha value is -0.380. The molecule has 2 rings (SSSR count). The fourth-order valence-corrected chi connectivity index (χ4v) is 2.82. The van der Waals surface area contributed by atoms with Crippen LogP contribution >= 0.6 is 11.3 Å². The van der Waals surface area contributed by atoms with E-state index in [1.807, 2.05) is 0 Å². The Kier molecular flexibility index (Phi) is 3.21. The van der Waals surface area contributed by atoms with Crippen molar-refractivity contribution in [2.24, 2.45) is 0 Å². The van der Waals surface area contributed by atoms with Gasteiger partial charge >= 0.3 is 0 Å². The third-order valence-corrected chi connectivity index (χ3v) is 3.84. The van der Waals surface area contributed by atoms with Crippen molar-refractivity contribution in [1.29, 1.82) is 0 Å². The van der Waals surface area contributed by atoms with E-state index in [4.69, 9.17) is 0 Å². The Balaban J connectivity index is 1.89. The zero-order valence-electron chi connectivity index (χ0n) is 8.33. The number of hydrogen-bond acceptors (Lipinski definition) is 3. The number of aliphatic hydroxyl groups excluding tert-OH is 1. The Bertz CT molecular complexity index is 265. The lowest BCUT2D eigenvalue weighted by atomic mass is 9.91. The van der Waals surface area contributed by atoms with Gasteiger partial charge in [-0.25, -0.2) is 0 Å². The summed E-state index contributed by atoms with van der Waals surface area (Å²) in [6.45, 7) is 1.33. The molecular weight excluding hydrogens is 194 g/mol.